The first-order chi connectivity index (χ1) is 14.0. The molecule has 1 atom stereocenters. The molecule has 1 saturated heterocycles. The number of fused-ring (bicyclic) bond motifs is 1. The van der Waals surface area contributed by atoms with Crippen LogP contribution in [0.2, 0.25) is 0 Å². The highest BCUT2D eigenvalue weighted by atomic mass is 32.1. The van der Waals surface area contributed by atoms with Crippen molar-refractivity contribution in [3.05, 3.63) is 40.3 Å². The van der Waals surface area contributed by atoms with Crippen molar-refractivity contribution in [2.24, 2.45) is 11.7 Å². The van der Waals surface area contributed by atoms with Gasteiger partial charge in [-0.15, -0.1) is 11.3 Å². The number of hydrogen-bond acceptors (Lipinski definition) is 5. The number of aryl methyl sites for hydroxylation is 1. The molecule has 29 heavy (non-hydrogen) atoms. The van der Waals surface area contributed by atoms with E-state index in [1.54, 1.807) is 24.1 Å². The maximum Gasteiger partial charge on any atom is 0.251 e. The SMILES string of the molecule is COc1ccccc1N1C[C@@H](C(=O)Nc2sc3c(c2C(N)=O)CCCC3)CC1=O. The summed E-state index contributed by atoms with van der Waals surface area (Å²) in [5.41, 5.74) is 7.67. The van der Waals surface area contributed by atoms with Gasteiger partial charge in [0, 0.05) is 17.8 Å². The van der Waals surface area contributed by atoms with Crippen molar-refractivity contribution in [2.75, 3.05) is 23.9 Å². The summed E-state index contributed by atoms with van der Waals surface area (Å²) in [6, 6.07) is 7.24. The fourth-order valence-corrected chi connectivity index (χ4v) is 5.39. The van der Waals surface area contributed by atoms with Crippen LogP contribution in [-0.4, -0.2) is 31.4 Å². The van der Waals surface area contributed by atoms with Crippen LogP contribution in [0.3, 0.4) is 0 Å². The molecule has 0 saturated carbocycles. The van der Waals surface area contributed by atoms with Gasteiger partial charge in [0.25, 0.3) is 5.91 Å². The topological polar surface area (TPSA) is 102 Å². The molecular weight excluding hydrogens is 390 g/mol. The monoisotopic (exact) mass is 413 g/mol. The molecule has 3 amide bonds. The zero-order chi connectivity index (χ0) is 20.5. The lowest BCUT2D eigenvalue weighted by Gasteiger charge is -2.19. The smallest absolute Gasteiger partial charge is 0.251 e. The third kappa shape index (κ3) is 3.60. The minimum absolute atomic E-state index is 0.112. The van der Waals surface area contributed by atoms with Gasteiger partial charge < -0.3 is 20.7 Å². The Morgan fingerprint density at radius 2 is 2.00 bits per heavy atom. The van der Waals surface area contributed by atoms with Crippen LogP contribution < -0.4 is 20.7 Å². The minimum atomic E-state index is -0.516. The summed E-state index contributed by atoms with van der Waals surface area (Å²) in [5.74, 6) is -0.832. The molecule has 1 fully saturated rings. The lowest BCUT2D eigenvalue weighted by Crippen LogP contribution is -2.28. The predicted molar refractivity (Wildman–Crippen MR) is 112 cm³/mol. The molecule has 7 nitrogen and oxygen atoms in total. The number of anilines is 2. The molecule has 152 valence electrons. The molecule has 0 spiro atoms. The van der Waals surface area contributed by atoms with Crippen LogP contribution >= 0.6 is 11.3 Å². The number of benzene rings is 1. The Hall–Kier alpha value is -2.87. The third-order valence-electron chi connectivity index (χ3n) is 5.53. The molecule has 1 aliphatic carbocycles. The van der Waals surface area contributed by atoms with Gasteiger partial charge in [-0.2, -0.15) is 0 Å². The van der Waals surface area contributed by atoms with Crippen LogP contribution in [0.4, 0.5) is 10.7 Å². The number of nitrogens with two attached hydrogens (primary N) is 1. The number of thiophene rings is 1. The average Bonchev–Trinajstić information content (AvgIpc) is 3.28. The average molecular weight is 413 g/mol. The first-order valence-corrected chi connectivity index (χ1v) is 10.5. The second kappa shape index (κ2) is 7.87. The second-order valence-electron chi connectivity index (χ2n) is 7.35. The largest absolute Gasteiger partial charge is 0.495 e. The molecular formula is C21H23N3O4S. The van der Waals surface area contributed by atoms with E-state index < -0.39 is 11.8 Å². The van der Waals surface area contributed by atoms with Gasteiger partial charge in [-0.05, 0) is 43.4 Å². The molecule has 0 unspecified atom stereocenters. The van der Waals surface area contributed by atoms with E-state index in [4.69, 9.17) is 10.5 Å². The van der Waals surface area contributed by atoms with Gasteiger partial charge in [-0.25, -0.2) is 0 Å². The van der Waals surface area contributed by atoms with Gasteiger partial charge in [0.2, 0.25) is 11.8 Å². The Balaban J connectivity index is 1.54. The summed E-state index contributed by atoms with van der Waals surface area (Å²) < 4.78 is 5.34. The Kier molecular flexibility index (Phi) is 5.27. The molecule has 3 N–H and O–H groups in total. The number of primary amides is 1. The molecule has 8 heteroatoms. The van der Waals surface area contributed by atoms with Crippen molar-refractivity contribution in [2.45, 2.75) is 32.1 Å². The van der Waals surface area contributed by atoms with E-state index in [-0.39, 0.29) is 24.8 Å². The number of hydrogen-bond donors (Lipinski definition) is 2. The van der Waals surface area contributed by atoms with E-state index in [2.05, 4.69) is 5.32 Å². The van der Waals surface area contributed by atoms with Gasteiger partial charge in [0.15, 0.2) is 0 Å². The molecule has 0 radical (unpaired) electrons. The van der Waals surface area contributed by atoms with Crippen molar-refractivity contribution < 1.29 is 19.1 Å². The standard InChI is InChI=1S/C21H23N3O4S/c1-28-15-8-4-3-7-14(15)24-11-12(10-17(24)25)20(27)23-21-18(19(22)26)13-6-2-5-9-16(13)29-21/h3-4,7-8,12H,2,5-6,9-11H2,1H3,(H2,22,26)(H,23,27)/t12-/m0/s1. The van der Waals surface area contributed by atoms with Gasteiger partial charge in [-0.1, -0.05) is 12.1 Å². The summed E-state index contributed by atoms with van der Waals surface area (Å²) in [4.78, 5) is 40.2. The predicted octanol–water partition coefficient (Wildman–Crippen LogP) is 2.73. The van der Waals surface area contributed by atoms with E-state index in [1.165, 1.54) is 11.3 Å². The molecule has 2 heterocycles. The maximum atomic E-state index is 12.9. The van der Waals surface area contributed by atoms with Crippen molar-refractivity contribution in [3.8, 4) is 5.75 Å². The molecule has 2 aromatic rings. The summed E-state index contributed by atoms with van der Waals surface area (Å²) in [6.07, 6.45) is 3.91. The van der Waals surface area contributed by atoms with Crippen LogP contribution in [0.1, 0.15) is 40.1 Å². The van der Waals surface area contributed by atoms with E-state index in [1.807, 2.05) is 12.1 Å². The Morgan fingerprint density at radius 3 is 2.76 bits per heavy atom. The lowest BCUT2D eigenvalue weighted by atomic mass is 9.95. The molecule has 1 aromatic carbocycles. The van der Waals surface area contributed by atoms with Crippen LogP contribution in [0.25, 0.3) is 0 Å². The number of carbonyl (C=O) groups excluding carboxylic acids is 3. The van der Waals surface area contributed by atoms with Crippen molar-refractivity contribution >= 4 is 39.7 Å². The molecule has 0 bridgehead atoms. The third-order valence-corrected chi connectivity index (χ3v) is 6.73. The summed E-state index contributed by atoms with van der Waals surface area (Å²) >= 11 is 1.43. The van der Waals surface area contributed by atoms with Gasteiger partial charge in [-0.3, -0.25) is 14.4 Å². The van der Waals surface area contributed by atoms with E-state index in [9.17, 15) is 14.4 Å². The fraction of sp³-hybridized carbons (Fsp3) is 0.381. The number of methoxy groups -OCH3 is 1. The highest BCUT2D eigenvalue weighted by Gasteiger charge is 2.37. The molecule has 2 aliphatic rings. The molecule has 4 rings (SSSR count). The Labute approximate surface area is 172 Å². The summed E-state index contributed by atoms with van der Waals surface area (Å²) in [6.45, 7) is 0.266. The zero-order valence-corrected chi connectivity index (χ0v) is 17.0. The number of ether oxygens (including phenoxy) is 1. The number of para-hydroxylation sites is 2. The van der Waals surface area contributed by atoms with Gasteiger partial charge in [0.05, 0.1) is 24.3 Å². The molecule has 1 aliphatic heterocycles. The van der Waals surface area contributed by atoms with Crippen LogP contribution in [0.15, 0.2) is 24.3 Å². The van der Waals surface area contributed by atoms with Crippen LogP contribution in [-0.2, 0) is 22.4 Å². The number of carbonyl (C=O) groups is 3. The first-order valence-electron chi connectivity index (χ1n) is 9.68. The summed E-state index contributed by atoms with van der Waals surface area (Å²) in [7, 11) is 1.55. The lowest BCUT2D eigenvalue weighted by molar-refractivity contribution is -0.122. The van der Waals surface area contributed by atoms with Crippen LogP contribution in [0, 0.1) is 5.92 Å². The Morgan fingerprint density at radius 1 is 1.24 bits per heavy atom. The first kappa shape index (κ1) is 19.4. The number of nitrogens with one attached hydrogen (secondary N) is 1. The van der Waals surface area contributed by atoms with Crippen molar-refractivity contribution in [1.29, 1.82) is 0 Å². The number of amides is 3. The number of nitrogens with zero attached hydrogens (tertiary/aromatic N) is 1. The Bertz CT molecular complexity index is 984. The van der Waals surface area contributed by atoms with Crippen molar-refractivity contribution in [3.63, 3.8) is 0 Å². The van der Waals surface area contributed by atoms with Gasteiger partial charge >= 0.3 is 0 Å². The maximum absolute atomic E-state index is 12.9. The van der Waals surface area contributed by atoms with Gasteiger partial charge in [0.1, 0.15) is 10.8 Å². The zero-order valence-electron chi connectivity index (χ0n) is 16.2. The quantitative estimate of drug-likeness (QED) is 0.787. The fourth-order valence-electron chi connectivity index (χ4n) is 4.10. The van der Waals surface area contributed by atoms with E-state index >= 15 is 0 Å². The van der Waals surface area contributed by atoms with E-state index in [0.29, 0.717) is 22.0 Å². The number of rotatable bonds is 5. The summed E-state index contributed by atoms with van der Waals surface area (Å²) in [5, 5.41) is 3.39. The highest BCUT2D eigenvalue weighted by Crippen LogP contribution is 2.39. The second-order valence-corrected chi connectivity index (χ2v) is 8.45. The van der Waals surface area contributed by atoms with Crippen molar-refractivity contribution in [1.82, 2.24) is 0 Å². The minimum Gasteiger partial charge on any atom is -0.495 e. The van der Waals surface area contributed by atoms with Crippen LogP contribution in [0.5, 0.6) is 5.75 Å². The molecule has 1 aromatic heterocycles. The highest BCUT2D eigenvalue weighted by molar-refractivity contribution is 7.17. The normalized spacial score (nSPS) is 18.4. The van der Waals surface area contributed by atoms with E-state index in [0.717, 1.165) is 36.1 Å².